The molecule has 94 valence electrons. The van der Waals surface area contributed by atoms with Gasteiger partial charge in [0.2, 0.25) is 0 Å². The standard InChI is InChI=1S/C18H15I/c19-18-12-16(14-7-3-1-4-8-14)11-17(13-18)15-9-5-2-6-10-15/h1,3-5,7-13H,2,6H2. The Labute approximate surface area is 128 Å². The van der Waals surface area contributed by atoms with Crippen molar-refractivity contribution in [3.05, 3.63) is 75.9 Å². The number of rotatable bonds is 2. The third-order valence-corrected chi connectivity index (χ3v) is 3.96. The van der Waals surface area contributed by atoms with Crippen LogP contribution in [0.2, 0.25) is 0 Å². The van der Waals surface area contributed by atoms with E-state index in [1.54, 1.807) is 0 Å². The second kappa shape index (κ2) is 5.74. The van der Waals surface area contributed by atoms with Gasteiger partial charge in [0.1, 0.15) is 0 Å². The molecule has 0 N–H and O–H groups in total. The quantitative estimate of drug-likeness (QED) is 0.605. The SMILES string of the molecule is Ic1cc(C2=CCCC=C2)cc(-c2ccccc2)c1. The van der Waals surface area contributed by atoms with E-state index in [1.807, 2.05) is 0 Å². The highest BCUT2D eigenvalue weighted by Gasteiger charge is 2.06. The minimum Gasteiger partial charge on any atom is -0.0836 e. The van der Waals surface area contributed by atoms with Gasteiger partial charge in [0, 0.05) is 3.57 Å². The Morgan fingerprint density at radius 1 is 0.789 bits per heavy atom. The minimum atomic E-state index is 1.15. The molecule has 0 heterocycles. The average molecular weight is 358 g/mol. The van der Waals surface area contributed by atoms with E-state index in [2.05, 4.69) is 89.3 Å². The van der Waals surface area contributed by atoms with Gasteiger partial charge >= 0.3 is 0 Å². The van der Waals surface area contributed by atoms with Crippen LogP contribution in [0.4, 0.5) is 0 Å². The van der Waals surface area contributed by atoms with E-state index in [9.17, 15) is 0 Å². The van der Waals surface area contributed by atoms with Gasteiger partial charge in [-0.15, -0.1) is 0 Å². The van der Waals surface area contributed by atoms with Crippen molar-refractivity contribution in [3.63, 3.8) is 0 Å². The zero-order valence-electron chi connectivity index (χ0n) is 10.6. The Hall–Kier alpha value is -1.35. The Balaban J connectivity index is 2.06. The summed E-state index contributed by atoms with van der Waals surface area (Å²) in [5.41, 5.74) is 5.24. The molecule has 0 bridgehead atoms. The molecule has 0 radical (unpaired) electrons. The molecule has 1 aliphatic carbocycles. The lowest BCUT2D eigenvalue weighted by Crippen LogP contribution is -1.89. The number of allylic oxidation sites excluding steroid dienone is 4. The summed E-state index contributed by atoms with van der Waals surface area (Å²) in [4.78, 5) is 0. The first-order chi connectivity index (χ1) is 9.33. The number of benzene rings is 2. The van der Waals surface area contributed by atoms with Gasteiger partial charge in [-0.3, -0.25) is 0 Å². The number of hydrogen-bond donors (Lipinski definition) is 0. The minimum absolute atomic E-state index is 1.15. The van der Waals surface area contributed by atoms with Gasteiger partial charge in [0.05, 0.1) is 0 Å². The summed E-state index contributed by atoms with van der Waals surface area (Å²) in [6.45, 7) is 0. The smallest absolute Gasteiger partial charge is 0.0142 e. The Bertz CT molecular complexity index is 636. The van der Waals surface area contributed by atoms with Gasteiger partial charge < -0.3 is 0 Å². The highest BCUT2D eigenvalue weighted by Crippen LogP contribution is 2.28. The van der Waals surface area contributed by atoms with Crippen molar-refractivity contribution < 1.29 is 0 Å². The first-order valence-corrected chi connectivity index (χ1v) is 7.64. The zero-order valence-corrected chi connectivity index (χ0v) is 12.8. The molecule has 2 aromatic carbocycles. The fraction of sp³-hybridized carbons (Fsp3) is 0.111. The monoisotopic (exact) mass is 358 g/mol. The third kappa shape index (κ3) is 2.98. The molecular weight excluding hydrogens is 343 g/mol. The van der Waals surface area contributed by atoms with Crippen LogP contribution in [0, 0.1) is 3.57 Å². The maximum absolute atomic E-state index is 2.40. The van der Waals surface area contributed by atoms with Gasteiger partial charge in [-0.05, 0) is 75.9 Å². The van der Waals surface area contributed by atoms with E-state index < -0.39 is 0 Å². The molecule has 0 aliphatic heterocycles. The fourth-order valence-electron chi connectivity index (χ4n) is 2.38. The second-order valence-corrected chi connectivity index (χ2v) is 5.98. The van der Waals surface area contributed by atoms with Crippen LogP contribution in [0.3, 0.4) is 0 Å². The van der Waals surface area contributed by atoms with E-state index >= 15 is 0 Å². The van der Waals surface area contributed by atoms with E-state index in [0.717, 1.165) is 6.42 Å². The van der Waals surface area contributed by atoms with Crippen molar-refractivity contribution >= 4 is 28.2 Å². The van der Waals surface area contributed by atoms with E-state index in [1.165, 1.54) is 32.3 Å². The summed E-state index contributed by atoms with van der Waals surface area (Å²) in [5, 5.41) is 0. The predicted molar refractivity (Wildman–Crippen MR) is 90.9 cm³/mol. The number of hydrogen-bond acceptors (Lipinski definition) is 0. The third-order valence-electron chi connectivity index (χ3n) is 3.33. The molecule has 3 rings (SSSR count). The van der Waals surface area contributed by atoms with Crippen LogP contribution in [-0.4, -0.2) is 0 Å². The summed E-state index contributed by atoms with van der Waals surface area (Å²) in [7, 11) is 0. The van der Waals surface area contributed by atoms with Crippen molar-refractivity contribution in [2.24, 2.45) is 0 Å². The van der Waals surface area contributed by atoms with Crippen molar-refractivity contribution in [2.45, 2.75) is 12.8 Å². The lowest BCUT2D eigenvalue weighted by atomic mass is 9.96. The molecule has 0 nitrogen and oxygen atoms in total. The largest absolute Gasteiger partial charge is 0.0836 e. The topological polar surface area (TPSA) is 0 Å². The van der Waals surface area contributed by atoms with Gasteiger partial charge in [0.25, 0.3) is 0 Å². The summed E-state index contributed by atoms with van der Waals surface area (Å²) >= 11 is 2.40. The Morgan fingerprint density at radius 2 is 1.58 bits per heavy atom. The van der Waals surface area contributed by atoms with Crippen molar-refractivity contribution in [1.82, 2.24) is 0 Å². The Morgan fingerprint density at radius 3 is 2.32 bits per heavy atom. The summed E-state index contributed by atoms with van der Waals surface area (Å²) in [5.74, 6) is 0. The molecular formula is C18H15I. The van der Waals surface area contributed by atoms with E-state index in [0.29, 0.717) is 0 Å². The highest BCUT2D eigenvalue weighted by atomic mass is 127. The van der Waals surface area contributed by atoms with Crippen LogP contribution in [0.25, 0.3) is 16.7 Å². The maximum Gasteiger partial charge on any atom is 0.0142 e. The zero-order chi connectivity index (χ0) is 13.1. The molecule has 0 saturated heterocycles. The molecule has 0 spiro atoms. The molecule has 1 heteroatoms. The van der Waals surface area contributed by atoms with E-state index in [4.69, 9.17) is 0 Å². The fourth-order valence-corrected chi connectivity index (χ4v) is 3.05. The summed E-state index contributed by atoms with van der Waals surface area (Å²) in [6.07, 6.45) is 9.15. The van der Waals surface area contributed by atoms with Gasteiger partial charge in [-0.2, -0.15) is 0 Å². The lowest BCUT2D eigenvalue weighted by molar-refractivity contribution is 1.04. The summed E-state index contributed by atoms with van der Waals surface area (Å²) < 4.78 is 1.29. The molecule has 0 amide bonds. The molecule has 0 fully saturated rings. The summed E-state index contributed by atoms with van der Waals surface area (Å²) in [6, 6.07) is 17.4. The van der Waals surface area contributed by atoms with Crippen molar-refractivity contribution in [1.29, 1.82) is 0 Å². The van der Waals surface area contributed by atoms with Crippen molar-refractivity contribution in [3.8, 4) is 11.1 Å². The van der Waals surface area contributed by atoms with Crippen LogP contribution in [0.5, 0.6) is 0 Å². The highest BCUT2D eigenvalue weighted by molar-refractivity contribution is 14.1. The van der Waals surface area contributed by atoms with Gasteiger partial charge in [-0.1, -0.05) is 48.6 Å². The molecule has 2 aromatic rings. The van der Waals surface area contributed by atoms with Crippen LogP contribution in [-0.2, 0) is 0 Å². The Kier molecular flexibility index (Phi) is 3.83. The molecule has 1 aliphatic rings. The molecule has 0 aromatic heterocycles. The van der Waals surface area contributed by atoms with Crippen LogP contribution < -0.4 is 0 Å². The van der Waals surface area contributed by atoms with Crippen LogP contribution >= 0.6 is 22.6 Å². The molecule has 0 saturated carbocycles. The normalized spacial score (nSPS) is 14.3. The van der Waals surface area contributed by atoms with E-state index in [-0.39, 0.29) is 0 Å². The molecule has 0 unspecified atom stereocenters. The van der Waals surface area contributed by atoms with Gasteiger partial charge in [0.15, 0.2) is 0 Å². The van der Waals surface area contributed by atoms with Crippen LogP contribution in [0.1, 0.15) is 18.4 Å². The molecule has 19 heavy (non-hydrogen) atoms. The average Bonchev–Trinajstić information content (AvgIpc) is 2.48. The first kappa shape index (κ1) is 12.7. The van der Waals surface area contributed by atoms with Crippen molar-refractivity contribution in [2.75, 3.05) is 0 Å². The van der Waals surface area contributed by atoms with Crippen LogP contribution in [0.15, 0.2) is 66.8 Å². The van der Waals surface area contributed by atoms with Gasteiger partial charge in [-0.25, -0.2) is 0 Å². The maximum atomic E-state index is 2.40. The first-order valence-electron chi connectivity index (χ1n) is 6.56. The predicted octanol–water partition coefficient (Wildman–Crippen LogP) is 5.69. The molecule has 0 atom stereocenters. The lowest BCUT2D eigenvalue weighted by Gasteiger charge is -2.10. The second-order valence-electron chi connectivity index (χ2n) is 4.73. The number of halogens is 1.